The van der Waals surface area contributed by atoms with Crippen LogP contribution in [-0.4, -0.2) is 77.7 Å². The molecule has 6 atom stereocenters. The Kier molecular flexibility index (Phi) is 5.61. The van der Waals surface area contributed by atoms with Gasteiger partial charge in [-0.1, -0.05) is 6.07 Å². The minimum absolute atomic E-state index is 0.165. The number of phenols is 4. The lowest BCUT2D eigenvalue weighted by Crippen LogP contribution is -2.55. The fourth-order valence-electron chi connectivity index (χ4n) is 4.02. The summed E-state index contributed by atoms with van der Waals surface area (Å²) in [5, 5.41) is 80.1. The van der Waals surface area contributed by atoms with Gasteiger partial charge in [0.25, 0.3) is 0 Å². The number of benzene rings is 2. The second-order valence-corrected chi connectivity index (χ2v) is 7.76. The smallest absolute Gasteiger partial charge is 0.174 e. The molecule has 0 bridgehead atoms. The number of hydrogen-bond donors (Lipinski definition) is 8. The van der Waals surface area contributed by atoms with Crippen molar-refractivity contribution in [2.75, 3.05) is 6.61 Å². The third-order valence-corrected chi connectivity index (χ3v) is 5.75. The van der Waals surface area contributed by atoms with E-state index in [9.17, 15) is 45.6 Å². The lowest BCUT2D eigenvalue weighted by molar-refractivity contribution is -0.232. The first-order valence-corrected chi connectivity index (χ1v) is 9.75. The number of rotatable bonds is 3. The molecule has 11 nitrogen and oxygen atoms in total. The number of hydrogen-bond acceptors (Lipinski definition) is 11. The summed E-state index contributed by atoms with van der Waals surface area (Å²) >= 11 is 0. The van der Waals surface area contributed by atoms with Crippen molar-refractivity contribution in [1.82, 2.24) is 0 Å². The van der Waals surface area contributed by atoms with Crippen LogP contribution in [0.4, 0.5) is 0 Å². The van der Waals surface area contributed by atoms with E-state index < -0.39 is 71.8 Å². The zero-order chi connectivity index (χ0) is 23.3. The van der Waals surface area contributed by atoms with Gasteiger partial charge >= 0.3 is 0 Å². The zero-order valence-electron chi connectivity index (χ0n) is 16.5. The zero-order valence-corrected chi connectivity index (χ0v) is 16.5. The molecule has 172 valence electrons. The summed E-state index contributed by atoms with van der Waals surface area (Å²) in [5.41, 5.74) is -0.316. The van der Waals surface area contributed by atoms with E-state index in [1.807, 2.05) is 0 Å². The number of phenolic OH excluding ortho intramolecular Hbond substituents is 4. The molecule has 2 aliphatic heterocycles. The Morgan fingerprint density at radius 3 is 2.28 bits per heavy atom. The summed E-state index contributed by atoms with van der Waals surface area (Å²) in [5.74, 6) is -2.85. The minimum atomic E-state index is -1.78. The van der Waals surface area contributed by atoms with Gasteiger partial charge in [0, 0.05) is 6.07 Å². The number of ketones is 1. The minimum Gasteiger partial charge on any atom is -0.507 e. The third-order valence-electron chi connectivity index (χ3n) is 5.75. The molecule has 2 heterocycles. The molecule has 2 aromatic carbocycles. The van der Waals surface area contributed by atoms with E-state index in [0.717, 1.165) is 6.07 Å². The molecule has 0 spiro atoms. The fraction of sp³-hybridized carbons (Fsp3) is 0.381. The lowest BCUT2D eigenvalue weighted by atomic mass is 9.87. The number of carbonyl (C=O) groups excluding carboxylic acids is 1. The first-order chi connectivity index (χ1) is 15.1. The second-order valence-electron chi connectivity index (χ2n) is 7.76. The Bertz CT molecular complexity index is 1050. The van der Waals surface area contributed by atoms with Crippen molar-refractivity contribution >= 4 is 5.78 Å². The second kappa shape index (κ2) is 8.11. The van der Waals surface area contributed by atoms with Crippen LogP contribution in [0.2, 0.25) is 0 Å². The van der Waals surface area contributed by atoms with Gasteiger partial charge in [-0.25, -0.2) is 0 Å². The molecule has 1 fully saturated rings. The lowest BCUT2D eigenvalue weighted by Gasteiger charge is -2.40. The molecule has 0 unspecified atom stereocenters. The predicted octanol–water partition coefficient (Wildman–Crippen LogP) is -0.270. The van der Waals surface area contributed by atoms with E-state index >= 15 is 0 Å². The number of aliphatic hydroxyl groups is 4. The van der Waals surface area contributed by atoms with Crippen LogP contribution in [0, 0.1) is 0 Å². The average molecular weight is 450 g/mol. The Hall–Kier alpha value is -3.09. The highest BCUT2D eigenvalue weighted by Crippen LogP contribution is 2.49. The molecule has 4 rings (SSSR count). The van der Waals surface area contributed by atoms with E-state index in [-0.39, 0.29) is 23.5 Å². The molecule has 32 heavy (non-hydrogen) atoms. The van der Waals surface area contributed by atoms with Gasteiger partial charge in [0.2, 0.25) is 0 Å². The van der Waals surface area contributed by atoms with Crippen LogP contribution in [0.5, 0.6) is 28.7 Å². The monoisotopic (exact) mass is 450 g/mol. The van der Waals surface area contributed by atoms with Crippen LogP contribution in [-0.2, 0) is 4.74 Å². The molecule has 0 radical (unpaired) electrons. The fourth-order valence-corrected chi connectivity index (χ4v) is 4.02. The van der Waals surface area contributed by atoms with Gasteiger partial charge in [-0.15, -0.1) is 0 Å². The molecule has 8 N–H and O–H groups in total. The summed E-state index contributed by atoms with van der Waals surface area (Å²) in [6.45, 7) is -0.711. The Balaban J connectivity index is 1.72. The van der Waals surface area contributed by atoms with Gasteiger partial charge in [0.1, 0.15) is 59.4 Å². The van der Waals surface area contributed by atoms with Gasteiger partial charge in [-0.05, 0) is 17.7 Å². The van der Waals surface area contributed by atoms with Crippen LogP contribution < -0.4 is 4.74 Å². The van der Waals surface area contributed by atoms with Crippen molar-refractivity contribution < 1.29 is 55.1 Å². The van der Waals surface area contributed by atoms with E-state index in [1.165, 1.54) is 18.2 Å². The van der Waals surface area contributed by atoms with Crippen LogP contribution in [0.1, 0.15) is 40.1 Å². The van der Waals surface area contributed by atoms with Crippen molar-refractivity contribution in [2.24, 2.45) is 0 Å². The maximum atomic E-state index is 12.8. The summed E-state index contributed by atoms with van der Waals surface area (Å²) in [7, 11) is 0. The van der Waals surface area contributed by atoms with Gasteiger partial charge in [0.15, 0.2) is 17.3 Å². The highest BCUT2D eigenvalue weighted by Gasteiger charge is 2.47. The first kappa shape index (κ1) is 22.1. The molecule has 0 aliphatic carbocycles. The SMILES string of the molecule is O=C1C[C@H](c2ccc(O)c(O)c2)Oc2cc(O)c([C@@H]3O[C@H](CO)[C@H](O)[C@H](O)[C@H]3O)c(O)c21. The average Bonchev–Trinajstić information content (AvgIpc) is 2.74. The Morgan fingerprint density at radius 2 is 1.62 bits per heavy atom. The van der Waals surface area contributed by atoms with E-state index in [1.54, 1.807) is 0 Å². The van der Waals surface area contributed by atoms with Crippen molar-refractivity contribution in [2.45, 2.75) is 43.0 Å². The number of Topliss-reactive ketones (excluding diaryl/α,β-unsaturated/α-hetero) is 1. The molecule has 11 heteroatoms. The van der Waals surface area contributed by atoms with Gasteiger partial charge < -0.3 is 50.3 Å². The highest BCUT2D eigenvalue weighted by atomic mass is 16.5. The quantitative estimate of drug-likeness (QED) is 0.287. The van der Waals surface area contributed by atoms with Crippen LogP contribution in [0.3, 0.4) is 0 Å². The molecule has 0 saturated carbocycles. The van der Waals surface area contributed by atoms with E-state index in [0.29, 0.717) is 5.56 Å². The maximum absolute atomic E-state index is 12.8. The number of fused-ring (bicyclic) bond motifs is 1. The largest absolute Gasteiger partial charge is 0.507 e. The van der Waals surface area contributed by atoms with Crippen LogP contribution in [0.25, 0.3) is 0 Å². The Morgan fingerprint density at radius 1 is 0.906 bits per heavy atom. The molecule has 2 aromatic rings. The highest BCUT2D eigenvalue weighted by molar-refractivity contribution is 6.03. The topological polar surface area (TPSA) is 197 Å². The molecule has 1 saturated heterocycles. The summed E-state index contributed by atoms with van der Waals surface area (Å²) < 4.78 is 11.1. The molecular weight excluding hydrogens is 428 g/mol. The van der Waals surface area contributed by atoms with Gasteiger partial charge in [-0.2, -0.15) is 0 Å². The molecular formula is C21H22O11. The number of carbonyl (C=O) groups is 1. The molecule has 0 amide bonds. The number of aromatic hydroxyl groups is 4. The molecule has 0 aromatic heterocycles. The normalized spacial score (nSPS) is 29.9. The molecule has 2 aliphatic rings. The van der Waals surface area contributed by atoms with Crippen LogP contribution >= 0.6 is 0 Å². The van der Waals surface area contributed by atoms with Crippen molar-refractivity contribution in [3.05, 3.63) is 41.0 Å². The van der Waals surface area contributed by atoms with Crippen molar-refractivity contribution in [3.8, 4) is 28.7 Å². The summed E-state index contributed by atoms with van der Waals surface area (Å²) in [6.07, 6.45) is -9.14. The Labute approximate surface area is 181 Å². The maximum Gasteiger partial charge on any atom is 0.174 e. The van der Waals surface area contributed by atoms with E-state index in [4.69, 9.17) is 9.47 Å². The predicted molar refractivity (Wildman–Crippen MR) is 105 cm³/mol. The van der Waals surface area contributed by atoms with E-state index in [2.05, 4.69) is 0 Å². The first-order valence-electron chi connectivity index (χ1n) is 9.75. The van der Waals surface area contributed by atoms with Gasteiger partial charge in [0.05, 0.1) is 18.6 Å². The summed E-state index contributed by atoms with van der Waals surface area (Å²) in [6, 6.07) is 4.93. The van der Waals surface area contributed by atoms with Crippen molar-refractivity contribution in [1.29, 1.82) is 0 Å². The third kappa shape index (κ3) is 3.49. The standard InChI is InChI=1S/C21H22O11/c22-6-14-17(27)19(29)20(30)21(32-14)16-11(26)5-13-15(18(16)28)10(25)4-12(31-13)7-1-2-8(23)9(24)3-7/h1-3,5,12,14,17,19-24,26-30H,4,6H2/t12-,14-,17+,19+,20-,21+/m1/s1. The van der Waals surface area contributed by atoms with Crippen molar-refractivity contribution in [3.63, 3.8) is 0 Å². The van der Waals surface area contributed by atoms with Gasteiger partial charge in [-0.3, -0.25) is 4.79 Å². The van der Waals surface area contributed by atoms with Crippen LogP contribution in [0.15, 0.2) is 24.3 Å². The number of aliphatic hydroxyl groups excluding tert-OH is 4. The number of ether oxygens (including phenoxy) is 2. The summed E-state index contributed by atoms with van der Waals surface area (Å²) in [4.78, 5) is 12.8.